The Morgan fingerprint density at radius 1 is 0.667 bits per heavy atom. The van der Waals surface area contributed by atoms with E-state index in [1.165, 1.54) is 45.0 Å². The highest BCUT2D eigenvalue weighted by Crippen LogP contribution is 2.23. The van der Waals surface area contributed by atoms with Crippen LogP contribution in [0, 0.1) is 5.92 Å². The Morgan fingerprint density at radius 2 is 1.22 bits per heavy atom. The second kappa shape index (κ2) is 33.8. The van der Waals surface area contributed by atoms with Crippen LogP contribution in [0.3, 0.4) is 0 Å². The van der Waals surface area contributed by atoms with Gasteiger partial charge in [0.15, 0.2) is 12.2 Å². The first-order chi connectivity index (χ1) is 38.2. The summed E-state index contributed by atoms with van der Waals surface area (Å²) < 4.78 is 11.4. The van der Waals surface area contributed by atoms with E-state index in [0.717, 1.165) is 0 Å². The van der Waals surface area contributed by atoms with Crippen LogP contribution in [0.4, 0.5) is 0 Å². The number of guanidine groups is 1. The second-order valence-electron chi connectivity index (χ2n) is 19.6. The van der Waals surface area contributed by atoms with E-state index < -0.39 is 152 Å². The van der Waals surface area contributed by atoms with Gasteiger partial charge in [-0.1, -0.05) is 56.3 Å². The van der Waals surface area contributed by atoms with Crippen molar-refractivity contribution in [3.8, 4) is 5.75 Å². The number of aliphatic hydroxyl groups is 3. The molecule has 0 unspecified atom stereocenters. The number of aromatic hydroxyl groups is 1. The number of hydrogen-bond acceptors (Lipinski definition) is 18. The number of aliphatic hydroxyl groups excluding tert-OH is 3. The van der Waals surface area contributed by atoms with Crippen molar-refractivity contribution >= 4 is 77.7 Å². The van der Waals surface area contributed by atoms with Crippen LogP contribution < -0.4 is 65.1 Å². The molecule has 0 aliphatic carbocycles. The third kappa shape index (κ3) is 23.5. The highest BCUT2D eigenvalue weighted by Gasteiger charge is 2.46. The Hall–Kier alpha value is -7.64. The number of benzene rings is 2. The van der Waals surface area contributed by atoms with Gasteiger partial charge in [-0.15, -0.1) is 0 Å². The van der Waals surface area contributed by atoms with E-state index in [1.807, 2.05) is 13.8 Å². The number of carbonyl (C=O) groups excluding carboxylic acids is 10. The van der Waals surface area contributed by atoms with E-state index in [0.29, 0.717) is 11.1 Å². The van der Waals surface area contributed by atoms with Gasteiger partial charge in [0, 0.05) is 26.3 Å². The summed E-state index contributed by atoms with van der Waals surface area (Å²) in [7, 11) is 0. The summed E-state index contributed by atoms with van der Waals surface area (Å²) in [6, 6.07) is 3.32. The molecule has 12 atom stereocenters. The normalized spacial score (nSPS) is 19.3. The van der Waals surface area contributed by atoms with E-state index >= 15 is 0 Å². The van der Waals surface area contributed by atoms with Crippen molar-refractivity contribution < 1.29 is 77.8 Å². The molecule has 10 amide bonds. The van der Waals surface area contributed by atoms with Gasteiger partial charge < -0.3 is 95.0 Å². The number of nitrogens with zero attached hydrogens (tertiary/aromatic N) is 1. The summed E-state index contributed by atoms with van der Waals surface area (Å²) in [5.41, 5.74) is 17.7. The number of amides is 10. The zero-order valence-corrected chi connectivity index (χ0v) is 46.5. The first-order valence-electron chi connectivity index (χ1n) is 25.9. The number of ether oxygens (including phenoxy) is 2. The van der Waals surface area contributed by atoms with Gasteiger partial charge in [-0.3, -0.25) is 52.9 Å². The van der Waals surface area contributed by atoms with Gasteiger partial charge in [-0.2, -0.15) is 12.6 Å². The minimum absolute atomic E-state index is 0.0341. The monoisotopic (exact) mass is 1160 g/mol. The zero-order chi connectivity index (χ0) is 60.5. The molecule has 1 fully saturated rings. The molecule has 1 heterocycles. The Bertz CT molecular complexity index is 2490. The topological polar surface area (TPSA) is 469 Å². The Kier molecular flexibility index (Phi) is 28.3. The number of aliphatic imine (C=N–C) groups is 1. The molecule has 1 aliphatic heterocycles. The molecule has 2 aromatic rings. The molecule has 30 heteroatoms. The fourth-order valence-corrected chi connectivity index (χ4v) is 8.11. The van der Waals surface area contributed by atoms with Gasteiger partial charge in [0.05, 0.1) is 25.5 Å². The van der Waals surface area contributed by atoms with E-state index in [9.17, 15) is 68.4 Å². The molecular weight excluding hydrogens is 1080 g/mol. The van der Waals surface area contributed by atoms with Crippen LogP contribution >= 0.6 is 12.6 Å². The van der Waals surface area contributed by atoms with E-state index in [-0.39, 0.29) is 62.0 Å². The average molecular weight is 1160 g/mol. The summed E-state index contributed by atoms with van der Waals surface area (Å²) in [5.74, 6) is -9.07. The predicted octanol–water partition coefficient (Wildman–Crippen LogP) is -5.80. The van der Waals surface area contributed by atoms with E-state index in [1.54, 1.807) is 30.3 Å². The summed E-state index contributed by atoms with van der Waals surface area (Å²) in [6.07, 6.45) is -6.43. The first-order valence-corrected chi connectivity index (χ1v) is 26.5. The lowest BCUT2D eigenvalue weighted by atomic mass is 9.97. The predicted molar refractivity (Wildman–Crippen MR) is 294 cm³/mol. The van der Waals surface area contributed by atoms with Gasteiger partial charge in [-0.25, -0.2) is 0 Å². The maximum absolute atomic E-state index is 14.1. The first kappa shape index (κ1) is 67.6. The van der Waals surface area contributed by atoms with Crippen LogP contribution in [0.15, 0.2) is 59.6 Å². The molecule has 29 nitrogen and oxygen atoms in total. The van der Waals surface area contributed by atoms with Crippen molar-refractivity contribution in [1.29, 1.82) is 0 Å². The highest BCUT2D eigenvalue weighted by atomic mass is 32.1. The lowest BCUT2D eigenvalue weighted by Gasteiger charge is -2.42. The Labute approximate surface area is 473 Å². The van der Waals surface area contributed by atoms with Crippen molar-refractivity contribution in [1.82, 2.24) is 47.9 Å². The number of thiol groups is 1. The second-order valence-corrected chi connectivity index (χ2v) is 19.9. The molecule has 448 valence electrons. The molecule has 3 rings (SSSR count). The maximum Gasteiger partial charge on any atom is 0.245 e. The zero-order valence-electron chi connectivity index (χ0n) is 45.6. The number of primary amides is 1. The molecule has 2 aromatic carbocycles. The third-order valence-corrected chi connectivity index (χ3v) is 12.6. The van der Waals surface area contributed by atoms with Crippen molar-refractivity contribution in [3.05, 3.63) is 65.7 Å². The summed E-state index contributed by atoms with van der Waals surface area (Å²) in [5, 5.41) is 63.3. The van der Waals surface area contributed by atoms with Gasteiger partial charge in [0.1, 0.15) is 72.4 Å². The number of rotatable bonds is 32. The molecule has 19 N–H and O–H groups in total. The Morgan fingerprint density at radius 3 is 1.81 bits per heavy atom. The highest BCUT2D eigenvalue weighted by molar-refractivity contribution is 7.81. The van der Waals surface area contributed by atoms with Crippen LogP contribution in [0.1, 0.15) is 65.0 Å². The molecular formula is C51H77N13O16S. The molecule has 1 aliphatic rings. The largest absolute Gasteiger partial charge is 0.508 e. The van der Waals surface area contributed by atoms with Crippen LogP contribution in [-0.2, 0) is 70.3 Å². The van der Waals surface area contributed by atoms with Crippen LogP contribution in [0.25, 0.3) is 0 Å². The fraction of sp³-hybridized carbons (Fsp3) is 0.549. The minimum Gasteiger partial charge on any atom is -0.508 e. The molecule has 0 aromatic heterocycles. The number of nitrogens with two attached hydrogens (primary N) is 3. The molecule has 0 bridgehead atoms. The standard InChI is InChI=1S/C51H77N13O16S/c1-25(2)18-34(59-28(5)66)47(76)63-35(20-30-13-15-31(67)16-14-30)48(77)61-32(12-9-17-55-51(53)54)46(75)58-27(4)45(74)57-26(3)44(73)56-21-38(68)60-36(49(78)62-33(43(52)72)19-29-10-7-6-8-11-29)23-79-50-40(64-39(69)24-81)42(71)41(70)37(22-65)80-50/h6-8,10-11,13-16,25-27,32-37,40-42,50,65,67,70-71,81H,9,12,17-24H2,1-5H3,(H2,52,72)(H,56,73)(H,57,74)(H,58,75)(H,59,66)(H,60,68)(H,61,77)(H,62,78)(H,63,76)(H,64,69)(H4,53,54,55)/t26-,27-,32-,33-,34-,35-,36-,37+,40+,41+,42+,50+/m0/s1. The fourth-order valence-electron chi connectivity index (χ4n) is 8.02. The number of hydrogen-bond donors (Lipinski definition) is 17. The van der Waals surface area contributed by atoms with Crippen LogP contribution in [-0.4, -0.2) is 190 Å². The van der Waals surface area contributed by atoms with Crippen molar-refractivity contribution in [2.24, 2.45) is 28.1 Å². The van der Waals surface area contributed by atoms with Gasteiger partial charge in [0.2, 0.25) is 59.1 Å². The lowest BCUT2D eigenvalue weighted by molar-refractivity contribution is -0.270. The quantitative estimate of drug-likeness (QED) is 0.0140. The third-order valence-electron chi connectivity index (χ3n) is 12.3. The molecule has 0 spiro atoms. The molecule has 1 saturated heterocycles. The SMILES string of the molecule is CC(=O)N[C@@H](CC(C)C)C(=O)N[C@@H](Cc1ccc(O)cc1)C(=O)N[C@@H](CCCN=C(N)N)C(=O)N[C@@H](C)C(=O)N[C@@H](C)C(=O)NCC(=O)N[C@@H](CO[C@@H]1O[C@H](CO)[C@@H](O)[C@H](O)[C@H]1NC(=O)CS)C(=O)N[C@@H](Cc1ccccc1)C(N)=O. The van der Waals surface area contributed by atoms with E-state index in [4.69, 9.17) is 26.7 Å². The van der Waals surface area contributed by atoms with Crippen LogP contribution in [0.2, 0.25) is 0 Å². The number of phenols is 1. The maximum atomic E-state index is 14.1. The van der Waals surface area contributed by atoms with Crippen LogP contribution in [0.5, 0.6) is 5.75 Å². The minimum atomic E-state index is -1.76. The van der Waals surface area contributed by atoms with Crippen molar-refractivity contribution in [3.63, 3.8) is 0 Å². The van der Waals surface area contributed by atoms with Crippen molar-refractivity contribution in [2.45, 2.75) is 140 Å². The molecule has 0 saturated carbocycles. The summed E-state index contributed by atoms with van der Waals surface area (Å²) in [6.45, 7) is 5.06. The van der Waals surface area contributed by atoms with Gasteiger partial charge in [-0.05, 0) is 62.3 Å². The Balaban J connectivity index is 1.76. The molecule has 0 radical (unpaired) electrons. The van der Waals surface area contributed by atoms with Gasteiger partial charge in [0.25, 0.3) is 0 Å². The number of nitrogens with one attached hydrogen (secondary N) is 9. The number of carbonyl (C=O) groups is 10. The average Bonchev–Trinajstić information content (AvgIpc) is 3.47. The number of phenolic OH excluding ortho intramolecular Hbond substituents is 1. The van der Waals surface area contributed by atoms with Gasteiger partial charge >= 0.3 is 0 Å². The summed E-state index contributed by atoms with van der Waals surface area (Å²) in [4.78, 5) is 136. The smallest absolute Gasteiger partial charge is 0.245 e. The summed E-state index contributed by atoms with van der Waals surface area (Å²) >= 11 is 3.90. The van der Waals surface area contributed by atoms with Crippen molar-refractivity contribution in [2.75, 3.05) is 32.1 Å². The lowest BCUT2D eigenvalue weighted by Crippen LogP contribution is -2.65. The van der Waals surface area contributed by atoms with E-state index in [2.05, 4.69) is 65.5 Å². The molecule has 81 heavy (non-hydrogen) atoms.